The van der Waals surface area contributed by atoms with Gasteiger partial charge in [0.05, 0.1) is 25.0 Å². The van der Waals surface area contributed by atoms with Crippen LogP contribution in [0.4, 0.5) is 5.69 Å². The lowest BCUT2D eigenvalue weighted by Crippen LogP contribution is -2.21. The normalized spacial score (nSPS) is 10.7. The number of anilines is 1. The number of hydrogen-bond acceptors (Lipinski definition) is 4. The number of carbonyl (C=O) groups is 1. The topological polar surface area (TPSA) is 81.7 Å². The summed E-state index contributed by atoms with van der Waals surface area (Å²) in [5.41, 5.74) is 8.95. The Bertz CT molecular complexity index is 824. The van der Waals surface area contributed by atoms with Crippen LogP contribution in [0.1, 0.15) is 11.3 Å². The van der Waals surface area contributed by atoms with E-state index in [0.717, 1.165) is 29.1 Å². The third-order valence-corrected chi connectivity index (χ3v) is 3.51. The monoisotopic (exact) mass is 310 g/mol. The third-order valence-electron chi connectivity index (χ3n) is 3.51. The lowest BCUT2D eigenvalue weighted by molar-refractivity contribution is -0.114. The van der Waals surface area contributed by atoms with Gasteiger partial charge in [0.2, 0.25) is 5.91 Å². The molecule has 0 unspecified atom stereocenters. The molecule has 0 saturated heterocycles. The second-order valence-corrected chi connectivity index (χ2v) is 5.19. The maximum atomic E-state index is 11.3. The standard InChI is InChI=1S/C17H18N4O2/c1-23-15-5-2-12(3-6-15)8-14-11-21-10-13(20-17(22)9-18)4-7-16(21)19-14/h2-7,10-11H,8-9,18H2,1H3,(H,20,22). The van der Waals surface area contributed by atoms with Crippen molar-refractivity contribution in [1.82, 2.24) is 9.38 Å². The van der Waals surface area contributed by atoms with E-state index in [2.05, 4.69) is 10.3 Å². The largest absolute Gasteiger partial charge is 0.497 e. The summed E-state index contributed by atoms with van der Waals surface area (Å²) in [7, 11) is 1.65. The van der Waals surface area contributed by atoms with Crippen LogP contribution in [0.15, 0.2) is 48.8 Å². The van der Waals surface area contributed by atoms with Crippen LogP contribution in [0.2, 0.25) is 0 Å². The Morgan fingerprint density at radius 3 is 2.70 bits per heavy atom. The Morgan fingerprint density at radius 2 is 2.00 bits per heavy atom. The summed E-state index contributed by atoms with van der Waals surface area (Å²) in [5.74, 6) is 0.618. The Hall–Kier alpha value is -2.86. The average molecular weight is 310 g/mol. The summed E-state index contributed by atoms with van der Waals surface area (Å²) in [5, 5.41) is 2.73. The van der Waals surface area contributed by atoms with Gasteiger partial charge in [-0.3, -0.25) is 4.79 Å². The summed E-state index contributed by atoms with van der Waals surface area (Å²) < 4.78 is 7.05. The van der Waals surface area contributed by atoms with Gasteiger partial charge in [0.1, 0.15) is 11.4 Å². The van der Waals surface area contributed by atoms with Crippen molar-refractivity contribution in [3.63, 3.8) is 0 Å². The van der Waals surface area contributed by atoms with Crippen molar-refractivity contribution >= 4 is 17.2 Å². The quantitative estimate of drug-likeness (QED) is 0.753. The van der Waals surface area contributed by atoms with Crippen LogP contribution in [0.3, 0.4) is 0 Å². The van der Waals surface area contributed by atoms with Gasteiger partial charge in [0.15, 0.2) is 0 Å². The third kappa shape index (κ3) is 3.49. The predicted molar refractivity (Wildman–Crippen MR) is 88.7 cm³/mol. The molecule has 0 spiro atoms. The molecule has 0 bridgehead atoms. The molecule has 0 aliphatic carbocycles. The molecule has 0 fully saturated rings. The van der Waals surface area contributed by atoms with E-state index < -0.39 is 0 Å². The number of hydrogen-bond donors (Lipinski definition) is 2. The maximum Gasteiger partial charge on any atom is 0.238 e. The number of nitrogens with two attached hydrogens (primary N) is 1. The summed E-state index contributed by atoms with van der Waals surface area (Å²) in [6.07, 6.45) is 4.52. The molecule has 3 N–H and O–H groups in total. The Morgan fingerprint density at radius 1 is 1.22 bits per heavy atom. The number of pyridine rings is 1. The number of nitrogens with zero attached hydrogens (tertiary/aromatic N) is 2. The zero-order valence-electron chi connectivity index (χ0n) is 12.8. The average Bonchev–Trinajstić information content (AvgIpc) is 2.97. The molecule has 0 aliphatic heterocycles. The second-order valence-electron chi connectivity index (χ2n) is 5.19. The highest BCUT2D eigenvalue weighted by Gasteiger charge is 2.05. The first kappa shape index (κ1) is 15.1. The van der Waals surface area contributed by atoms with Crippen LogP contribution in [-0.4, -0.2) is 28.9 Å². The van der Waals surface area contributed by atoms with Crippen molar-refractivity contribution in [1.29, 1.82) is 0 Å². The molecule has 3 aromatic rings. The zero-order valence-corrected chi connectivity index (χ0v) is 12.8. The van der Waals surface area contributed by atoms with E-state index in [1.54, 1.807) is 7.11 Å². The van der Waals surface area contributed by atoms with Gasteiger partial charge in [-0.1, -0.05) is 12.1 Å². The fourth-order valence-electron chi connectivity index (χ4n) is 2.37. The van der Waals surface area contributed by atoms with Gasteiger partial charge in [-0.25, -0.2) is 4.98 Å². The van der Waals surface area contributed by atoms with Gasteiger partial charge in [-0.05, 0) is 29.8 Å². The Kier molecular flexibility index (Phi) is 4.25. The van der Waals surface area contributed by atoms with Gasteiger partial charge in [-0.2, -0.15) is 0 Å². The van der Waals surface area contributed by atoms with Crippen molar-refractivity contribution in [2.24, 2.45) is 5.73 Å². The number of ether oxygens (including phenoxy) is 1. The highest BCUT2D eigenvalue weighted by Crippen LogP contribution is 2.16. The highest BCUT2D eigenvalue weighted by molar-refractivity contribution is 5.92. The fourth-order valence-corrected chi connectivity index (χ4v) is 2.37. The molecule has 6 heteroatoms. The van der Waals surface area contributed by atoms with E-state index in [9.17, 15) is 4.79 Å². The molecule has 2 aromatic heterocycles. The van der Waals surface area contributed by atoms with E-state index in [4.69, 9.17) is 10.5 Å². The first-order valence-electron chi connectivity index (χ1n) is 7.28. The van der Waals surface area contributed by atoms with E-state index >= 15 is 0 Å². The van der Waals surface area contributed by atoms with Crippen LogP contribution >= 0.6 is 0 Å². The summed E-state index contributed by atoms with van der Waals surface area (Å²) in [6, 6.07) is 11.6. The molecule has 0 saturated carbocycles. The minimum atomic E-state index is -0.220. The molecule has 3 rings (SSSR count). The van der Waals surface area contributed by atoms with E-state index in [-0.39, 0.29) is 12.5 Å². The van der Waals surface area contributed by atoms with Crippen molar-refractivity contribution in [2.45, 2.75) is 6.42 Å². The van der Waals surface area contributed by atoms with Crippen LogP contribution in [-0.2, 0) is 11.2 Å². The summed E-state index contributed by atoms with van der Waals surface area (Å²) >= 11 is 0. The van der Waals surface area contributed by atoms with Gasteiger partial charge in [0.25, 0.3) is 0 Å². The number of methoxy groups -OCH3 is 1. The van der Waals surface area contributed by atoms with Gasteiger partial charge >= 0.3 is 0 Å². The highest BCUT2D eigenvalue weighted by atomic mass is 16.5. The van der Waals surface area contributed by atoms with Gasteiger partial charge in [0, 0.05) is 18.8 Å². The van der Waals surface area contributed by atoms with E-state index in [0.29, 0.717) is 5.69 Å². The first-order chi connectivity index (χ1) is 11.2. The molecular formula is C17H18N4O2. The number of imidazole rings is 1. The number of aromatic nitrogens is 2. The SMILES string of the molecule is COc1ccc(Cc2cn3cc(NC(=O)CN)ccc3n2)cc1. The second kappa shape index (κ2) is 6.50. The smallest absolute Gasteiger partial charge is 0.238 e. The number of benzene rings is 1. The number of amides is 1. The molecule has 23 heavy (non-hydrogen) atoms. The predicted octanol–water partition coefficient (Wildman–Crippen LogP) is 1.83. The maximum absolute atomic E-state index is 11.3. The summed E-state index contributed by atoms with van der Waals surface area (Å²) in [6.45, 7) is -0.0370. The minimum Gasteiger partial charge on any atom is -0.497 e. The Balaban J connectivity index is 1.80. The lowest BCUT2D eigenvalue weighted by Gasteiger charge is -2.03. The Labute approximate surface area is 133 Å². The molecular weight excluding hydrogens is 292 g/mol. The zero-order chi connectivity index (χ0) is 16.2. The number of rotatable bonds is 5. The molecule has 0 aliphatic rings. The van der Waals surface area contributed by atoms with E-state index in [1.807, 2.05) is 53.2 Å². The number of fused-ring (bicyclic) bond motifs is 1. The molecule has 1 amide bonds. The molecule has 6 nitrogen and oxygen atoms in total. The van der Waals surface area contributed by atoms with Crippen LogP contribution < -0.4 is 15.8 Å². The van der Waals surface area contributed by atoms with Crippen LogP contribution in [0, 0.1) is 0 Å². The van der Waals surface area contributed by atoms with Crippen LogP contribution in [0.25, 0.3) is 5.65 Å². The van der Waals surface area contributed by atoms with Gasteiger partial charge < -0.3 is 20.2 Å². The first-order valence-corrected chi connectivity index (χ1v) is 7.28. The number of nitrogens with one attached hydrogen (secondary N) is 1. The van der Waals surface area contributed by atoms with Gasteiger partial charge in [-0.15, -0.1) is 0 Å². The minimum absolute atomic E-state index is 0.0370. The van der Waals surface area contributed by atoms with E-state index in [1.165, 1.54) is 0 Å². The fraction of sp³-hybridized carbons (Fsp3) is 0.176. The summed E-state index contributed by atoms with van der Waals surface area (Å²) in [4.78, 5) is 15.9. The van der Waals surface area contributed by atoms with Crippen LogP contribution in [0.5, 0.6) is 5.75 Å². The lowest BCUT2D eigenvalue weighted by atomic mass is 10.1. The van der Waals surface area contributed by atoms with Crippen molar-refractivity contribution in [3.05, 3.63) is 60.0 Å². The van der Waals surface area contributed by atoms with Crippen molar-refractivity contribution in [2.75, 3.05) is 19.0 Å². The number of carbonyl (C=O) groups excluding carboxylic acids is 1. The molecule has 0 atom stereocenters. The molecule has 2 heterocycles. The van der Waals surface area contributed by atoms with Crippen molar-refractivity contribution < 1.29 is 9.53 Å². The molecule has 0 radical (unpaired) electrons. The molecule has 1 aromatic carbocycles. The van der Waals surface area contributed by atoms with Crippen molar-refractivity contribution in [3.8, 4) is 5.75 Å². The molecule has 118 valence electrons.